The summed E-state index contributed by atoms with van der Waals surface area (Å²) >= 11 is 3.08. The molecule has 1 aromatic heterocycles. The number of rotatable bonds is 2. The molecule has 2 aromatic rings. The zero-order valence-electron chi connectivity index (χ0n) is 10.1. The van der Waals surface area contributed by atoms with Crippen molar-refractivity contribution in [3.63, 3.8) is 0 Å². The molecule has 7 heteroatoms. The molecule has 1 aromatic carbocycles. The molecule has 100 valence electrons. The molecule has 0 bridgehead atoms. The quantitative estimate of drug-likeness (QED) is 0.888. The molecule has 1 heterocycles. The number of aromatic carboxylic acids is 1. The van der Waals surface area contributed by atoms with E-state index in [2.05, 4.69) is 21.0 Å². The van der Waals surface area contributed by atoms with Crippen LogP contribution in [0.2, 0.25) is 0 Å². The minimum absolute atomic E-state index is 0.0979. The van der Waals surface area contributed by atoms with Gasteiger partial charge in [-0.15, -0.1) is 0 Å². The summed E-state index contributed by atoms with van der Waals surface area (Å²) in [5, 5.41) is 22.3. The van der Waals surface area contributed by atoms with Gasteiger partial charge in [0.2, 0.25) is 0 Å². The van der Waals surface area contributed by atoms with E-state index < -0.39 is 17.5 Å². The van der Waals surface area contributed by atoms with E-state index >= 15 is 0 Å². The fraction of sp³-hybridized carbons (Fsp3) is 0.167. The van der Waals surface area contributed by atoms with Crippen LogP contribution in [0.3, 0.4) is 0 Å². The Hall–Kier alpha value is -1.89. The van der Waals surface area contributed by atoms with Gasteiger partial charge in [-0.2, -0.15) is 5.10 Å². The van der Waals surface area contributed by atoms with E-state index in [1.807, 2.05) is 0 Å². The zero-order valence-corrected chi connectivity index (χ0v) is 11.7. The lowest BCUT2D eigenvalue weighted by molar-refractivity contribution is 0.0689. The maximum atomic E-state index is 14.1. The van der Waals surface area contributed by atoms with Crippen molar-refractivity contribution in [2.45, 2.75) is 6.92 Å². The lowest BCUT2D eigenvalue weighted by Crippen LogP contribution is -2.00. The van der Waals surface area contributed by atoms with Crippen LogP contribution < -0.4 is 0 Å². The Labute approximate surface area is 116 Å². The van der Waals surface area contributed by atoms with E-state index in [9.17, 15) is 14.3 Å². The van der Waals surface area contributed by atoms with Crippen LogP contribution in [-0.2, 0) is 7.05 Å². The molecule has 2 rings (SSSR count). The highest BCUT2D eigenvalue weighted by molar-refractivity contribution is 9.10. The third kappa shape index (κ3) is 2.21. The Balaban J connectivity index is 2.69. The molecule has 0 aliphatic carbocycles. The van der Waals surface area contributed by atoms with Crippen LogP contribution >= 0.6 is 15.9 Å². The van der Waals surface area contributed by atoms with E-state index in [0.717, 1.165) is 0 Å². The molecule has 0 unspecified atom stereocenters. The standard InChI is InChI=1S/C12H10BrFN2O3/c1-5-3-6(10(14)11(17)9(5)13)8-4-7(12(18)19)15-16(8)2/h3-4,17H,1-2H3,(H,18,19). The first-order chi connectivity index (χ1) is 8.82. The summed E-state index contributed by atoms with van der Waals surface area (Å²) in [4.78, 5) is 10.8. The Kier molecular flexibility index (Phi) is 3.32. The molecule has 0 atom stereocenters. The number of nitrogens with zero attached hydrogens (tertiary/aromatic N) is 2. The fourth-order valence-electron chi connectivity index (χ4n) is 1.76. The van der Waals surface area contributed by atoms with Gasteiger partial charge in [0, 0.05) is 12.6 Å². The van der Waals surface area contributed by atoms with Crippen molar-refractivity contribution in [1.82, 2.24) is 9.78 Å². The van der Waals surface area contributed by atoms with Crippen molar-refractivity contribution in [3.8, 4) is 17.0 Å². The molecule has 0 radical (unpaired) electrons. The normalized spacial score (nSPS) is 10.7. The van der Waals surface area contributed by atoms with Gasteiger partial charge in [-0.05, 0) is 40.5 Å². The number of carboxylic acids is 1. The number of aryl methyl sites for hydroxylation is 2. The SMILES string of the molecule is Cc1cc(-c2cc(C(=O)O)nn2C)c(F)c(O)c1Br. The number of carboxylic acid groups (broad SMARTS) is 1. The molecule has 0 saturated carbocycles. The van der Waals surface area contributed by atoms with Gasteiger partial charge in [-0.3, -0.25) is 4.68 Å². The van der Waals surface area contributed by atoms with E-state index in [4.69, 9.17) is 5.11 Å². The lowest BCUT2D eigenvalue weighted by atomic mass is 10.1. The number of aromatic hydroxyl groups is 1. The average Bonchev–Trinajstić information content (AvgIpc) is 2.73. The van der Waals surface area contributed by atoms with Crippen LogP contribution in [0, 0.1) is 12.7 Å². The van der Waals surface area contributed by atoms with Crippen LogP contribution in [0.15, 0.2) is 16.6 Å². The first-order valence-electron chi connectivity index (χ1n) is 5.28. The predicted octanol–water partition coefficient (Wildman–Crippen LogP) is 2.70. The minimum atomic E-state index is -1.19. The maximum absolute atomic E-state index is 14.1. The highest BCUT2D eigenvalue weighted by atomic mass is 79.9. The monoisotopic (exact) mass is 328 g/mol. The maximum Gasteiger partial charge on any atom is 0.356 e. The summed E-state index contributed by atoms with van der Waals surface area (Å²) in [6, 6.07) is 2.77. The highest BCUT2D eigenvalue weighted by Gasteiger charge is 2.20. The smallest absolute Gasteiger partial charge is 0.356 e. The van der Waals surface area contributed by atoms with Crippen LogP contribution in [0.4, 0.5) is 4.39 Å². The summed E-state index contributed by atoms with van der Waals surface area (Å²) in [5.41, 5.74) is 0.824. The third-order valence-electron chi connectivity index (χ3n) is 2.73. The van der Waals surface area contributed by atoms with Gasteiger partial charge in [0.05, 0.1) is 10.2 Å². The Morgan fingerprint density at radius 3 is 2.63 bits per heavy atom. The van der Waals surface area contributed by atoms with Crippen LogP contribution in [0.1, 0.15) is 16.1 Å². The minimum Gasteiger partial charge on any atom is -0.504 e. The van der Waals surface area contributed by atoms with Crippen LogP contribution in [0.5, 0.6) is 5.75 Å². The lowest BCUT2D eigenvalue weighted by Gasteiger charge is -2.09. The third-order valence-corrected chi connectivity index (χ3v) is 3.74. The Morgan fingerprint density at radius 2 is 2.11 bits per heavy atom. The summed E-state index contributed by atoms with van der Waals surface area (Å²) in [6.45, 7) is 1.70. The van der Waals surface area contributed by atoms with Gasteiger partial charge in [-0.25, -0.2) is 9.18 Å². The zero-order chi connectivity index (χ0) is 14.3. The van der Waals surface area contributed by atoms with Gasteiger partial charge in [0.1, 0.15) is 0 Å². The van der Waals surface area contributed by atoms with E-state index in [0.29, 0.717) is 5.56 Å². The predicted molar refractivity (Wildman–Crippen MR) is 69.7 cm³/mol. The number of hydrogen-bond acceptors (Lipinski definition) is 3. The molecular weight excluding hydrogens is 319 g/mol. The number of aromatic nitrogens is 2. The first kappa shape index (κ1) is 13.5. The van der Waals surface area contributed by atoms with E-state index in [1.165, 1.54) is 23.9 Å². The number of halogens is 2. The van der Waals surface area contributed by atoms with E-state index in [1.54, 1.807) is 6.92 Å². The van der Waals surface area contributed by atoms with Gasteiger partial charge in [-0.1, -0.05) is 0 Å². The van der Waals surface area contributed by atoms with Crippen molar-refractivity contribution in [2.75, 3.05) is 0 Å². The molecule has 5 nitrogen and oxygen atoms in total. The fourth-order valence-corrected chi connectivity index (χ4v) is 2.05. The largest absolute Gasteiger partial charge is 0.504 e. The number of phenols is 1. The average molecular weight is 329 g/mol. The number of hydrogen-bond donors (Lipinski definition) is 2. The molecule has 19 heavy (non-hydrogen) atoms. The van der Waals surface area contributed by atoms with Gasteiger partial charge < -0.3 is 10.2 Å². The topological polar surface area (TPSA) is 75.3 Å². The molecule has 0 aliphatic heterocycles. The second-order valence-electron chi connectivity index (χ2n) is 4.06. The molecule has 0 fully saturated rings. The second kappa shape index (κ2) is 4.65. The summed E-state index contributed by atoms with van der Waals surface area (Å²) in [5.74, 6) is -2.52. The summed E-state index contributed by atoms with van der Waals surface area (Å²) < 4.78 is 15.6. The van der Waals surface area contributed by atoms with Crippen molar-refractivity contribution >= 4 is 21.9 Å². The second-order valence-corrected chi connectivity index (χ2v) is 4.85. The van der Waals surface area contributed by atoms with Crippen molar-refractivity contribution < 1.29 is 19.4 Å². The summed E-state index contributed by atoms with van der Waals surface area (Å²) in [7, 11) is 1.51. The molecular formula is C12H10BrFN2O3. The van der Waals surface area contributed by atoms with E-state index in [-0.39, 0.29) is 21.4 Å². The van der Waals surface area contributed by atoms with Gasteiger partial charge in [0.25, 0.3) is 0 Å². The van der Waals surface area contributed by atoms with Crippen molar-refractivity contribution in [1.29, 1.82) is 0 Å². The molecule has 2 N–H and O–H groups in total. The highest BCUT2D eigenvalue weighted by Crippen LogP contribution is 2.37. The van der Waals surface area contributed by atoms with Gasteiger partial charge >= 0.3 is 5.97 Å². The Morgan fingerprint density at radius 1 is 1.47 bits per heavy atom. The molecule has 0 spiro atoms. The van der Waals surface area contributed by atoms with Crippen molar-refractivity contribution in [3.05, 3.63) is 33.7 Å². The number of carbonyl (C=O) groups is 1. The first-order valence-corrected chi connectivity index (χ1v) is 6.07. The summed E-state index contributed by atoms with van der Waals surface area (Å²) in [6.07, 6.45) is 0. The molecule has 0 saturated heterocycles. The molecule has 0 amide bonds. The Bertz CT molecular complexity index is 682. The van der Waals surface area contributed by atoms with Gasteiger partial charge in [0.15, 0.2) is 17.3 Å². The number of phenolic OH excluding ortho intramolecular Hbond substituents is 1. The number of benzene rings is 1. The van der Waals surface area contributed by atoms with Crippen LogP contribution in [-0.4, -0.2) is 26.0 Å². The van der Waals surface area contributed by atoms with Crippen molar-refractivity contribution in [2.24, 2.45) is 7.05 Å². The molecule has 0 aliphatic rings. The van der Waals surface area contributed by atoms with Crippen LogP contribution in [0.25, 0.3) is 11.3 Å².